The first-order chi connectivity index (χ1) is 34.7. The number of benzene rings is 2. The molecular formula is C56H72F6N2O6S4. The topological polar surface area (TPSA) is 109 Å². The minimum absolute atomic E-state index is 0.0440. The fourth-order valence-corrected chi connectivity index (χ4v) is 16.4. The van der Waals surface area contributed by atoms with Crippen LogP contribution in [0.2, 0.25) is 0 Å². The lowest BCUT2D eigenvalue weighted by Gasteiger charge is -2.35. The zero-order valence-electron chi connectivity index (χ0n) is 43.4. The summed E-state index contributed by atoms with van der Waals surface area (Å²) >= 11 is 3.37. The van der Waals surface area contributed by atoms with Gasteiger partial charge < -0.3 is 0 Å². The van der Waals surface area contributed by atoms with Crippen molar-refractivity contribution in [2.45, 2.75) is 166 Å². The van der Waals surface area contributed by atoms with Gasteiger partial charge >= 0.3 is 12.4 Å². The van der Waals surface area contributed by atoms with Crippen molar-refractivity contribution in [3.8, 4) is 0 Å². The second-order valence-electron chi connectivity index (χ2n) is 21.8. The fraction of sp³-hybridized carbons (Fsp3) is 0.607. The monoisotopic (exact) mass is 1110 g/mol. The first-order valence-corrected chi connectivity index (χ1v) is 31.2. The standard InChI is InChI=1S/2C28H36F3NO3S2/c2*1-4-37(34,35)25-11-7-19(8-12-25)13-23(33)15-24-14-21-17-32(26(18(2)3)27(21)36-24)16-20-5-9-22(10-6-20)28(29,30)31/h2*7-8,11-12,14,18,20,22,26H,4-6,9-10,13,15-17H2,1-3H3/t2*20?,22?,26-/m10/s1. The van der Waals surface area contributed by atoms with Gasteiger partial charge in [-0.15, -0.1) is 22.7 Å². The Morgan fingerprint density at radius 3 is 1.15 bits per heavy atom. The summed E-state index contributed by atoms with van der Waals surface area (Å²) in [6.07, 6.45) is -3.48. The van der Waals surface area contributed by atoms with Gasteiger partial charge in [0.05, 0.1) is 33.1 Å². The summed E-state index contributed by atoms with van der Waals surface area (Å²) in [5, 5.41) is 0. The summed E-state index contributed by atoms with van der Waals surface area (Å²) in [5.74, 6) is -0.691. The first kappa shape index (κ1) is 58.3. The van der Waals surface area contributed by atoms with E-state index in [1.54, 1.807) is 85.1 Å². The highest BCUT2D eigenvalue weighted by Crippen LogP contribution is 2.48. The number of carbonyl (C=O) groups is 2. The van der Waals surface area contributed by atoms with Crippen LogP contribution >= 0.6 is 22.7 Å². The molecule has 8 nitrogen and oxygen atoms in total. The predicted octanol–water partition coefficient (Wildman–Crippen LogP) is 13.6. The molecule has 4 heterocycles. The lowest BCUT2D eigenvalue weighted by atomic mass is 9.81. The molecule has 0 saturated heterocycles. The van der Waals surface area contributed by atoms with Crippen LogP contribution in [-0.2, 0) is 68.0 Å². The van der Waals surface area contributed by atoms with E-state index in [-0.39, 0.29) is 83.5 Å². The molecule has 0 unspecified atom stereocenters. The second kappa shape index (κ2) is 24.1. The molecule has 18 heteroatoms. The van der Waals surface area contributed by atoms with Crippen molar-refractivity contribution in [3.63, 3.8) is 0 Å². The Labute approximate surface area is 442 Å². The van der Waals surface area contributed by atoms with Crippen molar-refractivity contribution in [2.24, 2.45) is 35.5 Å². The van der Waals surface area contributed by atoms with Crippen LogP contribution in [0.5, 0.6) is 0 Å². The van der Waals surface area contributed by atoms with Crippen LogP contribution < -0.4 is 0 Å². The Balaban J connectivity index is 0.000000216. The van der Waals surface area contributed by atoms with E-state index in [0.717, 1.165) is 47.1 Å². The Hall–Kier alpha value is -3.42. The van der Waals surface area contributed by atoms with E-state index in [1.165, 1.54) is 20.9 Å². The molecular weight excluding hydrogens is 1040 g/mol. The number of ketones is 2. The van der Waals surface area contributed by atoms with Crippen molar-refractivity contribution >= 4 is 53.9 Å². The van der Waals surface area contributed by atoms with Crippen molar-refractivity contribution in [1.82, 2.24) is 9.80 Å². The maximum Gasteiger partial charge on any atom is 0.391 e. The Kier molecular flexibility index (Phi) is 19.0. The smallest absolute Gasteiger partial charge is 0.299 e. The maximum absolute atomic E-state index is 13.0. The molecule has 0 amide bonds. The molecule has 4 aromatic rings. The molecule has 74 heavy (non-hydrogen) atoms. The van der Waals surface area contributed by atoms with Crippen molar-refractivity contribution < 1.29 is 52.8 Å². The Morgan fingerprint density at radius 1 is 0.541 bits per heavy atom. The molecule has 2 aromatic carbocycles. The average molecular weight is 1110 g/mol. The highest BCUT2D eigenvalue weighted by molar-refractivity contribution is 7.91. The van der Waals surface area contributed by atoms with Gasteiger partial charge in [-0.1, -0.05) is 65.8 Å². The summed E-state index contributed by atoms with van der Waals surface area (Å²) < 4.78 is 126. The third kappa shape index (κ3) is 14.6. The number of hydrogen-bond donors (Lipinski definition) is 0. The Bertz CT molecular complexity index is 2580. The van der Waals surface area contributed by atoms with E-state index in [1.807, 2.05) is 0 Å². The number of rotatable bonds is 18. The molecule has 2 atom stereocenters. The van der Waals surface area contributed by atoms with Crippen LogP contribution in [0.25, 0.3) is 0 Å². The van der Waals surface area contributed by atoms with Gasteiger partial charge in [0.15, 0.2) is 19.7 Å². The van der Waals surface area contributed by atoms with Crippen molar-refractivity contribution in [1.29, 1.82) is 0 Å². The average Bonchev–Trinajstić information content (AvgIpc) is 4.08. The van der Waals surface area contributed by atoms with Gasteiger partial charge in [0.1, 0.15) is 11.6 Å². The van der Waals surface area contributed by atoms with E-state index < -0.39 is 43.9 Å². The molecule has 4 aliphatic rings. The highest BCUT2D eigenvalue weighted by Gasteiger charge is 2.44. The summed E-state index contributed by atoms with van der Waals surface area (Å²) in [5.41, 5.74) is 4.08. The third-order valence-corrected chi connectivity index (χ3v) is 21.6. The van der Waals surface area contributed by atoms with Gasteiger partial charge in [0.2, 0.25) is 0 Å². The number of halogens is 6. The molecule has 408 valence electrons. The number of alkyl halides is 6. The van der Waals surface area contributed by atoms with E-state index in [0.29, 0.717) is 62.2 Å². The largest absolute Gasteiger partial charge is 0.391 e. The van der Waals surface area contributed by atoms with Gasteiger partial charge in [0, 0.05) is 83.5 Å². The minimum atomic E-state index is -4.07. The zero-order chi connectivity index (χ0) is 53.9. The molecule has 2 aliphatic heterocycles. The molecule has 0 N–H and O–H groups in total. The third-order valence-electron chi connectivity index (χ3n) is 15.6. The number of nitrogens with zero attached hydrogens (tertiary/aromatic N) is 2. The number of carbonyl (C=O) groups excluding carboxylic acids is 2. The molecule has 2 aromatic heterocycles. The Morgan fingerprint density at radius 2 is 0.865 bits per heavy atom. The molecule has 2 fully saturated rings. The lowest BCUT2D eigenvalue weighted by Crippen LogP contribution is -2.35. The van der Waals surface area contributed by atoms with Crippen LogP contribution in [0.3, 0.4) is 0 Å². The summed E-state index contributed by atoms with van der Waals surface area (Å²) in [6, 6.07) is 17.8. The molecule has 0 spiro atoms. The van der Waals surface area contributed by atoms with Gasteiger partial charge in [-0.25, -0.2) is 16.8 Å². The van der Waals surface area contributed by atoms with E-state index in [4.69, 9.17) is 0 Å². The first-order valence-electron chi connectivity index (χ1n) is 26.3. The van der Waals surface area contributed by atoms with E-state index >= 15 is 0 Å². The van der Waals surface area contributed by atoms with Crippen molar-refractivity contribution in [3.05, 3.63) is 102 Å². The molecule has 2 aliphatic carbocycles. The minimum Gasteiger partial charge on any atom is -0.299 e. The second-order valence-corrected chi connectivity index (χ2v) is 28.7. The molecule has 0 bridgehead atoms. The lowest BCUT2D eigenvalue weighted by molar-refractivity contribution is -0.185. The van der Waals surface area contributed by atoms with Crippen LogP contribution in [0.15, 0.2) is 70.5 Å². The number of sulfone groups is 2. The number of fused-ring (bicyclic) bond motifs is 2. The molecule has 8 rings (SSSR count). The van der Waals surface area contributed by atoms with Crippen molar-refractivity contribution in [2.75, 3.05) is 24.6 Å². The summed E-state index contributed by atoms with van der Waals surface area (Å²) in [7, 11) is -6.52. The SMILES string of the molecule is CCS(=O)(=O)c1ccc(CC(=O)Cc2cc3c(s2)[C@@H](C(C)C)N(CC2CCC(C(F)(F)F)CC2)C3)cc1.CCS(=O)(=O)c1ccc(CC(=O)Cc2cc3c(s2)[C@H](C(C)C)N(CC2CCC(C(F)(F)F)CC2)C3)cc1. The quantitative estimate of drug-likeness (QED) is 0.0907. The normalized spacial score (nSPS) is 22.9. The van der Waals surface area contributed by atoms with Gasteiger partial charge in [-0.3, -0.25) is 19.4 Å². The summed E-state index contributed by atoms with van der Waals surface area (Å²) in [4.78, 5) is 35.6. The van der Waals surface area contributed by atoms with Gasteiger partial charge in [0.25, 0.3) is 0 Å². The van der Waals surface area contributed by atoms with Crippen LogP contribution in [0, 0.1) is 35.5 Å². The summed E-state index contributed by atoms with van der Waals surface area (Å²) in [6.45, 7) is 15.2. The number of hydrogen-bond acceptors (Lipinski definition) is 10. The molecule has 0 radical (unpaired) electrons. The zero-order valence-corrected chi connectivity index (χ0v) is 46.6. The fourth-order valence-electron chi connectivity index (χ4n) is 11.6. The van der Waals surface area contributed by atoms with Gasteiger partial charge in [-0.2, -0.15) is 26.3 Å². The van der Waals surface area contributed by atoms with Crippen LogP contribution in [0.1, 0.15) is 147 Å². The predicted molar refractivity (Wildman–Crippen MR) is 281 cm³/mol. The van der Waals surface area contributed by atoms with Gasteiger partial charge in [-0.05, 0) is 134 Å². The van der Waals surface area contributed by atoms with Crippen LogP contribution in [0.4, 0.5) is 26.3 Å². The highest BCUT2D eigenvalue weighted by atomic mass is 32.2. The molecule has 2 saturated carbocycles. The maximum atomic E-state index is 13.0. The van der Waals surface area contributed by atoms with Crippen LogP contribution in [-0.4, -0.2) is 75.1 Å². The van der Waals surface area contributed by atoms with E-state index in [9.17, 15) is 52.8 Å². The number of thiophene rings is 2. The van der Waals surface area contributed by atoms with E-state index in [2.05, 4.69) is 49.6 Å². The number of Topliss-reactive ketones (excluding diaryl/α,β-unsaturated/α-hetero) is 2.